The van der Waals surface area contributed by atoms with Crippen molar-refractivity contribution >= 4 is 0 Å². The molecule has 0 aliphatic heterocycles. The van der Waals surface area contributed by atoms with E-state index in [1.807, 2.05) is 0 Å². The SMILES string of the molecule is COc1cc(C(CCC(C)C)NN)ccc1F. The zero-order valence-corrected chi connectivity index (χ0v) is 10.7. The number of hydrogen-bond donors (Lipinski definition) is 2. The molecule has 96 valence electrons. The van der Waals surface area contributed by atoms with Crippen molar-refractivity contribution in [1.29, 1.82) is 0 Å². The van der Waals surface area contributed by atoms with Crippen molar-refractivity contribution in [2.45, 2.75) is 32.7 Å². The van der Waals surface area contributed by atoms with E-state index in [1.165, 1.54) is 13.2 Å². The minimum absolute atomic E-state index is 0.0342. The maximum Gasteiger partial charge on any atom is 0.165 e. The van der Waals surface area contributed by atoms with Crippen molar-refractivity contribution in [3.05, 3.63) is 29.6 Å². The van der Waals surface area contributed by atoms with Crippen LogP contribution < -0.4 is 16.0 Å². The summed E-state index contributed by atoms with van der Waals surface area (Å²) in [7, 11) is 1.46. The van der Waals surface area contributed by atoms with Crippen LogP contribution in [-0.4, -0.2) is 7.11 Å². The normalized spacial score (nSPS) is 12.8. The predicted octanol–water partition coefficient (Wildman–Crippen LogP) is 2.77. The number of benzene rings is 1. The lowest BCUT2D eigenvalue weighted by Crippen LogP contribution is -2.28. The molecule has 0 heterocycles. The molecule has 1 unspecified atom stereocenters. The van der Waals surface area contributed by atoms with Crippen LogP contribution in [0, 0.1) is 11.7 Å². The van der Waals surface area contributed by atoms with E-state index in [1.54, 1.807) is 12.1 Å². The predicted molar refractivity (Wildman–Crippen MR) is 67.1 cm³/mol. The Kier molecular flexibility index (Phi) is 5.38. The molecule has 0 aliphatic rings. The molecule has 0 bridgehead atoms. The monoisotopic (exact) mass is 240 g/mol. The molecule has 17 heavy (non-hydrogen) atoms. The second-order valence-corrected chi connectivity index (χ2v) is 4.58. The van der Waals surface area contributed by atoms with Gasteiger partial charge in [-0.25, -0.2) is 4.39 Å². The summed E-state index contributed by atoms with van der Waals surface area (Å²) < 4.78 is 18.2. The zero-order chi connectivity index (χ0) is 12.8. The number of nitrogens with two attached hydrogens (primary N) is 1. The minimum Gasteiger partial charge on any atom is -0.494 e. The molecule has 0 saturated heterocycles. The van der Waals surface area contributed by atoms with Gasteiger partial charge in [-0.2, -0.15) is 0 Å². The molecule has 0 fully saturated rings. The smallest absolute Gasteiger partial charge is 0.165 e. The Morgan fingerprint density at radius 3 is 2.59 bits per heavy atom. The number of halogens is 1. The number of ether oxygens (including phenoxy) is 1. The average Bonchev–Trinajstić information content (AvgIpc) is 2.31. The lowest BCUT2D eigenvalue weighted by atomic mass is 9.98. The number of hydrogen-bond acceptors (Lipinski definition) is 3. The molecule has 0 saturated carbocycles. The Morgan fingerprint density at radius 2 is 2.06 bits per heavy atom. The third-order valence-electron chi connectivity index (χ3n) is 2.81. The van der Waals surface area contributed by atoms with E-state index in [2.05, 4.69) is 19.3 Å². The standard InChI is InChI=1S/C13H21FN2O/c1-9(2)4-7-12(16-15)10-5-6-11(14)13(8-10)17-3/h5-6,8-9,12,16H,4,7,15H2,1-3H3. The summed E-state index contributed by atoms with van der Waals surface area (Å²) >= 11 is 0. The molecule has 1 aromatic carbocycles. The fraction of sp³-hybridized carbons (Fsp3) is 0.538. The lowest BCUT2D eigenvalue weighted by molar-refractivity contribution is 0.383. The summed E-state index contributed by atoms with van der Waals surface area (Å²) in [4.78, 5) is 0. The quantitative estimate of drug-likeness (QED) is 0.593. The van der Waals surface area contributed by atoms with Gasteiger partial charge in [-0.3, -0.25) is 11.3 Å². The lowest BCUT2D eigenvalue weighted by Gasteiger charge is -2.18. The van der Waals surface area contributed by atoms with Gasteiger partial charge in [0.15, 0.2) is 11.6 Å². The summed E-state index contributed by atoms with van der Waals surface area (Å²) in [5, 5.41) is 0. The van der Waals surface area contributed by atoms with Crippen LogP contribution in [0.1, 0.15) is 38.3 Å². The van der Waals surface area contributed by atoms with Gasteiger partial charge >= 0.3 is 0 Å². The highest BCUT2D eigenvalue weighted by Crippen LogP contribution is 2.25. The Hall–Kier alpha value is -1.13. The van der Waals surface area contributed by atoms with Crippen LogP contribution in [0.15, 0.2) is 18.2 Å². The van der Waals surface area contributed by atoms with E-state index in [0.29, 0.717) is 5.92 Å². The van der Waals surface area contributed by atoms with Crippen LogP contribution >= 0.6 is 0 Å². The van der Waals surface area contributed by atoms with Gasteiger partial charge in [0, 0.05) is 6.04 Å². The molecule has 0 radical (unpaired) electrons. The van der Waals surface area contributed by atoms with E-state index in [4.69, 9.17) is 10.6 Å². The van der Waals surface area contributed by atoms with Crippen LogP contribution in [0.25, 0.3) is 0 Å². The number of hydrazine groups is 1. The third-order valence-corrected chi connectivity index (χ3v) is 2.81. The highest BCUT2D eigenvalue weighted by Gasteiger charge is 2.13. The topological polar surface area (TPSA) is 47.3 Å². The Morgan fingerprint density at radius 1 is 1.35 bits per heavy atom. The molecule has 3 N–H and O–H groups in total. The molecular formula is C13H21FN2O. The van der Waals surface area contributed by atoms with Gasteiger partial charge in [-0.05, 0) is 36.5 Å². The number of methoxy groups -OCH3 is 1. The molecule has 4 heteroatoms. The molecule has 3 nitrogen and oxygen atoms in total. The Bertz CT molecular complexity index is 355. The first-order valence-corrected chi connectivity index (χ1v) is 5.88. The van der Waals surface area contributed by atoms with Gasteiger partial charge < -0.3 is 4.74 Å². The van der Waals surface area contributed by atoms with Gasteiger partial charge in [0.25, 0.3) is 0 Å². The van der Waals surface area contributed by atoms with Gasteiger partial charge in [-0.15, -0.1) is 0 Å². The van der Waals surface area contributed by atoms with Crippen molar-refractivity contribution in [1.82, 2.24) is 5.43 Å². The van der Waals surface area contributed by atoms with Crippen LogP contribution in [0.3, 0.4) is 0 Å². The molecule has 0 aliphatic carbocycles. The zero-order valence-electron chi connectivity index (χ0n) is 10.7. The highest BCUT2D eigenvalue weighted by atomic mass is 19.1. The van der Waals surface area contributed by atoms with Crippen LogP contribution in [0.5, 0.6) is 5.75 Å². The van der Waals surface area contributed by atoms with Gasteiger partial charge in [-0.1, -0.05) is 19.9 Å². The summed E-state index contributed by atoms with van der Waals surface area (Å²) in [6.45, 7) is 4.33. The van der Waals surface area contributed by atoms with E-state index in [-0.39, 0.29) is 17.6 Å². The van der Waals surface area contributed by atoms with Crippen molar-refractivity contribution < 1.29 is 9.13 Å². The van der Waals surface area contributed by atoms with Gasteiger partial charge in [0.05, 0.1) is 7.11 Å². The third kappa shape index (κ3) is 3.98. The van der Waals surface area contributed by atoms with Gasteiger partial charge in [0.1, 0.15) is 0 Å². The molecular weight excluding hydrogens is 219 g/mol. The van der Waals surface area contributed by atoms with E-state index in [0.717, 1.165) is 18.4 Å². The molecule has 1 atom stereocenters. The summed E-state index contributed by atoms with van der Waals surface area (Å²) in [6, 6.07) is 4.88. The van der Waals surface area contributed by atoms with E-state index < -0.39 is 0 Å². The average molecular weight is 240 g/mol. The van der Waals surface area contributed by atoms with Crippen LogP contribution in [-0.2, 0) is 0 Å². The van der Waals surface area contributed by atoms with Crippen molar-refractivity contribution in [2.24, 2.45) is 11.8 Å². The molecule has 0 spiro atoms. The van der Waals surface area contributed by atoms with E-state index in [9.17, 15) is 4.39 Å². The summed E-state index contributed by atoms with van der Waals surface area (Å²) in [5.41, 5.74) is 3.72. The Labute approximate surface area is 102 Å². The second-order valence-electron chi connectivity index (χ2n) is 4.58. The van der Waals surface area contributed by atoms with Crippen LogP contribution in [0.2, 0.25) is 0 Å². The minimum atomic E-state index is -0.351. The fourth-order valence-corrected chi connectivity index (χ4v) is 1.74. The molecule has 0 amide bonds. The van der Waals surface area contributed by atoms with Crippen LogP contribution in [0.4, 0.5) is 4.39 Å². The second kappa shape index (κ2) is 6.57. The maximum atomic E-state index is 13.3. The molecule has 0 aromatic heterocycles. The maximum absolute atomic E-state index is 13.3. The first-order chi connectivity index (χ1) is 8.08. The van der Waals surface area contributed by atoms with E-state index >= 15 is 0 Å². The highest BCUT2D eigenvalue weighted by molar-refractivity contribution is 5.32. The number of rotatable bonds is 6. The summed E-state index contributed by atoms with van der Waals surface area (Å²) in [6.07, 6.45) is 1.98. The largest absolute Gasteiger partial charge is 0.494 e. The molecule has 1 aromatic rings. The summed E-state index contributed by atoms with van der Waals surface area (Å²) in [5.74, 6) is 6.06. The first-order valence-electron chi connectivity index (χ1n) is 5.88. The van der Waals surface area contributed by atoms with Crippen molar-refractivity contribution in [3.63, 3.8) is 0 Å². The fourth-order valence-electron chi connectivity index (χ4n) is 1.74. The van der Waals surface area contributed by atoms with Crippen molar-refractivity contribution in [2.75, 3.05) is 7.11 Å². The van der Waals surface area contributed by atoms with Crippen molar-refractivity contribution in [3.8, 4) is 5.75 Å². The molecule has 1 rings (SSSR count). The first kappa shape index (κ1) is 13.9. The Balaban J connectivity index is 2.80. The van der Waals surface area contributed by atoms with Gasteiger partial charge in [0.2, 0.25) is 0 Å². The number of nitrogens with one attached hydrogen (secondary N) is 1.